The van der Waals surface area contributed by atoms with E-state index in [-0.39, 0.29) is 23.8 Å². The maximum absolute atomic E-state index is 13.7. The molecule has 3 aromatic rings. The summed E-state index contributed by atoms with van der Waals surface area (Å²) < 4.78 is 20.9. The molecule has 0 bridgehead atoms. The Morgan fingerprint density at radius 2 is 1.92 bits per heavy atom. The Labute approximate surface area is 219 Å². The fourth-order valence-corrected chi connectivity index (χ4v) is 6.29. The fourth-order valence-electron chi connectivity index (χ4n) is 6.29. The van der Waals surface area contributed by atoms with Gasteiger partial charge in [0.15, 0.2) is 0 Å². The number of benzene rings is 2. The average Bonchev–Trinajstić information content (AvgIpc) is 3.62. The number of nitrogens with zero attached hydrogens (tertiary/aromatic N) is 5. The van der Waals surface area contributed by atoms with E-state index in [1.807, 2.05) is 39.1 Å². The predicted octanol–water partition coefficient (Wildman–Crippen LogP) is 3.80. The molecule has 3 amide bonds. The molecule has 0 radical (unpaired) electrons. The van der Waals surface area contributed by atoms with Crippen LogP contribution >= 0.6 is 0 Å². The zero-order valence-electron chi connectivity index (χ0n) is 21.5. The van der Waals surface area contributed by atoms with Crippen molar-refractivity contribution in [1.29, 1.82) is 0 Å². The largest absolute Gasteiger partial charge is 0.427 e. The molecule has 10 heteroatoms. The molecule has 9 nitrogen and oxygen atoms in total. The Balaban J connectivity index is 1.25. The van der Waals surface area contributed by atoms with Gasteiger partial charge in [-0.25, -0.2) is 18.8 Å². The van der Waals surface area contributed by atoms with Gasteiger partial charge >= 0.3 is 6.09 Å². The monoisotopic (exact) mass is 517 g/mol. The third kappa shape index (κ3) is 3.61. The molecular weight excluding hydrogens is 489 g/mol. The number of fused-ring (bicyclic) bond motifs is 2. The maximum Gasteiger partial charge on any atom is 0.418 e. The normalized spacial score (nSPS) is 24.4. The lowest BCUT2D eigenvalue weighted by Crippen LogP contribution is -2.46. The summed E-state index contributed by atoms with van der Waals surface area (Å²) in [6.45, 7) is 3.43. The van der Waals surface area contributed by atoms with Crippen LogP contribution in [0.1, 0.15) is 54.6 Å². The third-order valence-electron chi connectivity index (χ3n) is 8.13. The first-order valence-corrected chi connectivity index (χ1v) is 12.8. The van der Waals surface area contributed by atoms with E-state index in [9.17, 15) is 18.8 Å². The highest BCUT2D eigenvalue weighted by Gasteiger charge is 2.58. The summed E-state index contributed by atoms with van der Waals surface area (Å²) in [5.41, 5.74) is 3.58. The molecule has 3 heterocycles. The van der Waals surface area contributed by atoms with E-state index < -0.39 is 24.1 Å². The molecule has 1 spiro atoms. The number of hydrogen-bond donors (Lipinski definition) is 0. The molecule has 2 aromatic carbocycles. The van der Waals surface area contributed by atoms with Gasteiger partial charge in [-0.15, -0.1) is 5.10 Å². The van der Waals surface area contributed by atoms with Crippen molar-refractivity contribution in [2.24, 2.45) is 7.05 Å². The summed E-state index contributed by atoms with van der Waals surface area (Å²) in [5.74, 6) is -1.19. The molecule has 3 atom stereocenters. The van der Waals surface area contributed by atoms with E-state index in [1.54, 1.807) is 21.7 Å². The summed E-state index contributed by atoms with van der Waals surface area (Å²) in [6.07, 6.45) is 1.57. The van der Waals surface area contributed by atoms with Gasteiger partial charge in [0.25, 0.3) is 5.91 Å². The van der Waals surface area contributed by atoms with Crippen molar-refractivity contribution in [1.82, 2.24) is 24.8 Å². The van der Waals surface area contributed by atoms with Gasteiger partial charge in [0.1, 0.15) is 12.4 Å². The van der Waals surface area contributed by atoms with E-state index in [0.29, 0.717) is 18.4 Å². The summed E-state index contributed by atoms with van der Waals surface area (Å²) in [7, 11) is 1.82. The van der Waals surface area contributed by atoms with E-state index in [1.165, 1.54) is 12.1 Å². The topological polar surface area (TPSA) is 97.6 Å². The van der Waals surface area contributed by atoms with Crippen molar-refractivity contribution >= 4 is 17.9 Å². The third-order valence-corrected chi connectivity index (χ3v) is 8.13. The van der Waals surface area contributed by atoms with Gasteiger partial charge in [0.05, 0.1) is 17.4 Å². The van der Waals surface area contributed by atoms with Gasteiger partial charge in [-0.05, 0) is 62.4 Å². The molecule has 0 N–H and O–H groups in total. The van der Waals surface area contributed by atoms with Gasteiger partial charge in [-0.1, -0.05) is 29.5 Å². The molecule has 1 aromatic heterocycles. The average molecular weight is 518 g/mol. The van der Waals surface area contributed by atoms with Gasteiger partial charge in [0, 0.05) is 30.6 Å². The molecule has 0 unspecified atom stereocenters. The van der Waals surface area contributed by atoms with Crippen LogP contribution < -0.4 is 0 Å². The number of hydrogen-bond acceptors (Lipinski definition) is 6. The van der Waals surface area contributed by atoms with E-state index >= 15 is 0 Å². The van der Waals surface area contributed by atoms with Gasteiger partial charge < -0.3 is 9.64 Å². The first-order valence-electron chi connectivity index (χ1n) is 12.8. The van der Waals surface area contributed by atoms with Crippen molar-refractivity contribution in [2.45, 2.75) is 57.2 Å². The first kappa shape index (κ1) is 24.3. The van der Waals surface area contributed by atoms with Crippen LogP contribution in [0.2, 0.25) is 0 Å². The summed E-state index contributed by atoms with van der Waals surface area (Å²) in [5, 5.41) is 8.18. The SMILES string of the molecule is Cc1nnn(C)c1-c1ccc2c(c1)CC[C@@]21OC(=O)N(CC(=O)N2[C@@H](C)CC[C@H]2c2ccc(F)cc2)C1=O. The van der Waals surface area contributed by atoms with Gasteiger partial charge in [-0.3, -0.25) is 9.59 Å². The highest BCUT2D eigenvalue weighted by molar-refractivity contribution is 6.06. The van der Waals surface area contributed by atoms with E-state index in [2.05, 4.69) is 10.3 Å². The Morgan fingerprint density at radius 1 is 1.16 bits per heavy atom. The van der Waals surface area contributed by atoms with Crippen LogP contribution in [0.25, 0.3) is 11.3 Å². The van der Waals surface area contributed by atoms with Crippen molar-refractivity contribution in [3.05, 3.63) is 70.7 Å². The van der Waals surface area contributed by atoms with Crippen LogP contribution in [0.4, 0.5) is 9.18 Å². The quantitative estimate of drug-likeness (QED) is 0.522. The maximum atomic E-state index is 13.7. The minimum Gasteiger partial charge on any atom is -0.427 e. The lowest BCUT2D eigenvalue weighted by molar-refractivity contribution is -0.143. The van der Waals surface area contributed by atoms with Crippen LogP contribution in [0.3, 0.4) is 0 Å². The molecule has 2 aliphatic heterocycles. The molecule has 6 rings (SSSR count). The van der Waals surface area contributed by atoms with Gasteiger partial charge in [-0.2, -0.15) is 0 Å². The predicted molar refractivity (Wildman–Crippen MR) is 134 cm³/mol. The van der Waals surface area contributed by atoms with E-state index in [4.69, 9.17) is 4.74 Å². The number of aromatic nitrogens is 3. The molecule has 196 valence electrons. The number of halogens is 1. The number of aryl methyl sites for hydroxylation is 3. The summed E-state index contributed by atoms with van der Waals surface area (Å²) in [6, 6.07) is 11.5. The molecule has 0 saturated carbocycles. The van der Waals surface area contributed by atoms with Crippen LogP contribution in [0, 0.1) is 12.7 Å². The number of likely N-dealkylation sites (tertiary alicyclic amines) is 1. The molecule has 2 saturated heterocycles. The van der Waals surface area contributed by atoms with Crippen LogP contribution in [-0.2, 0) is 33.4 Å². The first-order chi connectivity index (χ1) is 18.2. The fraction of sp³-hybridized carbons (Fsp3) is 0.393. The van der Waals surface area contributed by atoms with Crippen molar-refractivity contribution in [3.8, 4) is 11.3 Å². The van der Waals surface area contributed by atoms with Gasteiger partial charge in [0.2, 0.25) is 11.5 Å². The molecule has 3 aliphatic rings. The summed E-state index contributed by atoms with van der Waals surface area (Å²) in [4.78, 5) is 42.8. The highest BCUT2D eigenvalue weighted by atomic mass is 19.1. The minimum absolute atomic E-state index is 0.0733. The Kier molecular flexibility index (Phi) is 5.59. The minimum atomic E-state index is -1.42. The molecule has 38 heavy (non-hydrogen) atoms. The number of imide groups is 1. The zero-order chi connectivity index (χ0) is 26.8. The van der Waals surface area contributed by atoms with Crippen molar-refractivity contribution in [2.75, 3.05) is 6.54 Å². The second-order valence-corrected chi connectivity index (χ2v) is 10.4. The standard InChI is InChI=1S/C28H28FN5O4/c1-16-4-11-23(18-5-8-21(29)9-6-18)34(16)24(35)15-33-26(36)28(38-27(33)37)13-12-19-14-20(7-10-22(19)28)25-17(2)30-31-32(25)3/h5-10,14,16,23H,4,11-13,15H2,1-3H3/t16-,23-,28+/m0/s1. The number of ether oxygens (including phenoxy) is 1. The number of carbonyl (C=O) groups excluding carboxylic acids is 3. The lowest BCUT2D eigenvalue weighted by atomic mass is 9.93. The molecule has 1 aliphatic carbocycles. The highest BCUT2D eigenvalue weighted by Crippen LogP contribution is 2.46. The van der Waals surface area contributed by atoms with Crippen LogP contribution in [0.15, 0.2) is 42.5 Å². The lowest BCUT2D eigenvalue weighted by Gasteiger charge is -2.30. The van der Waals surface area contributed by atoms with E-state index in [0.717, 1.165) is 45.8 Å². The Bertz CT molecular complexity index is 1450. The molecule has 2 fully saturated rings. The van der Waals surface area contributed by atoms with Crippen molar-refractivity contribution in [3.63, 3.8) is 0 Å². The number of rotatable bonds is 4. The van der Waals surface area contributed by atoms with Crippen molar-refractivity contribution < 1.29 is 23.5 Å². The zero-order valence-corrected chi connectivity index (χ0v) is 21.5. The van der Waals surface area contributed by atoms with Crippen LogP contribution in [0.5, 0.6) is 0 Å². The Morgan fingerprint density at radius 3 is 2.63 bits per heavy atom. The number of carbonyl (C=O) groups is 3. The summed E-state index contributed by atoms with van der Waals surface area (Å²) >= 11 is 0. The smallest absolute Gasteiger partial charge is 0.418 e. The second-order valence-electron chi connectivity index (χ2n) is 10.4. The molecular formula is C28H28FN5O4. The Hall–Kier alpha value is -4.08. The number of amides is 3. The second kappa shape index (κ2) is 8.75. The van der Waals surface area contributed by atoms with Crippen LogP contribution in [-0.4, -0.2) is 55.3 Å².